The van der Waals surface area contributed by atoms with Crippen molar-refractivity contribution < 1.29 is 0 Å². The van der Waals surface area contributed by atoms with Gasteiger partial charge in [-0.25, -0.2) is 9.97 Å². The Morgan fingerprint density at radius 1 is 1.00 bits per heavy atom. The van der Waals surface area contributed by atoms with Crippen molar-refractivity contribution in [3.63, 3.8) is 0 Å². The largest absolute Gasteiger partial charge is 0.353 e. The molecule has 1 fully saturated rings. The van der Waals surface area contributed by atoms with E-state index in [0.717, 1.165) is 68.2 Å². The van der Waals surface area contributed by atoms with Crippen LogP contribution >= 0.6 is 0 Å². The van der Waals surface area contributed by atoms with Gasteiger partial charge < -0.3 is 10.6 Å². The molecule has 25 heavy (non-hydrogen) atoms. The summed E-state index contributed by atoms with van der Waals surface area (Å²) in [7, 11) is 0. The molecule has 1 aliphatic rings. The lowest BCUT2D eigenvalue weighted by Crippen LogP contribution is -2.47. The molecule has 0 amide bonds. The monoisotopic (exact) mass is 341 g/mol. The number of aromatic nitrogens is 2. The van der Waals surface area contributed by atoms with Crippen molar-refractivity contribution in [3.8, 4) is 0 Å². The highest BCUT2D eigenvalue weighted by atomic mass is 15.3. The van der Waals surface area contributed by atoms with Crippen LogP contribution in [0.15, 0.2) is 24.3 Å². The zero-order valence-corrected chi connectivity index (χ0v) is 15.8. The van der Waals surface area contributed by atoms with Gasteiger partial charge in [0.05, 0.1) is 5.52 Å². The van der Waals surface area contributed by atoms with Gasteiger partial charge >= 0.3 is 0 Å². The number of nitrogens with two attached hydrogens (primary N) is 1. The Labute approximate surface area is 151 Å². The third kappa shape index (κ3) is 4.28. The first-order valence-electron chi connectivity index (χ1n) is 9.43. The van der Waals surface area contributed by atoms with Gasteiger partial charge in [-0.05, 0) is 38.1 Å². The van der Waals surface area contributed by atoms with E-state index in [2.05, 4.69) is 54.8 Å². The Morgan fingerprint density at radius 3 is 2.40 bits per heavy atom. The maximum absolute atomic E-state index is 5.60. The van der Waals surface area contributed by atoms with Crippen LogP contribution in [0.3, 0.4) is 0 Å². The zero-order valence-electron chi connectivity index (χ0n) is 15.8. The molecule has 1 saturated heterocycles. The van der Waals surface area contributed by atoms with Crippen LogP contribution in [-0.2, 0) is 5.41 Å². The highest BCUT2D eigenvalue weighted by Crippen LogP contribution is 2.28. The number of benzene rings is 1. The smallest absolute Gasteiger partial charge is 0.140 e. The van der Waals surface area contributed by atoms with Crippen molar-refractivity contribution in [2.24, 2.45) is 5.73 Å². The number of nitrogens with zero attached hydrogens (tertiary/aromatic N) is 4. The fraction of sp³-hybridized carbons (Fsp3) is 0.600. The van der Waals surface area contributed by atoms with Crippen LogP contribution in [0.5, 0.6) is 0 Å². The van der Waals surface area contributed by atoms with E-state index in [0.29, 0.717) is 0 Å². The van der Waals surface area contributed by atoms with E-state index in [9.17, 15) is 0 Å². The molecule has 1 aromatic carbocycles. The minimum Gasteiger partial charge on any atom is -0.353 e. The first-order chi connectivity index (χ1) is 12.0. The molecule has 0 aliphatic carbocycles. The number of hydrogen-bond donors (Lipinski definition) is 1. The molecule has 0 spiro atoms. The van der Waals surface area contributed by atoms with Crippen molar-refractivity contribution in [3.05, 3.63) is 30.1 Å². The van der Waals surface area contributed by atoms with Crippen molar-refractivity contribution in [1.82, 2.24) is 14.9 Å². The van der Waals surface area contributed by atoms with Crippen LogP contribution in [-0.4, -0.2) is 54.1 Å². The second kappa shape index (κ2) is 7.67. The molecule has 136 valence electrons. The lowest BCUT2D eigenvalue weighted by molar-refractivity contribution is 0.253. The van der Waals surface area contributed by atoms with E-state index in [1.807, 2.05) is 0 Å². The van der Waals surface area contributed by atoms with Crippen LogP contribution in [0.1, 0.15) is 39.4 Å². The molecule has 5 nitrogen and oxygen atoms in total. The maximum Gasteiger partial charge on any atom is 0.140 e. The molecule has 1 aliphatic heterocycles. The third-order valence-corrected chi connectivity index (χ3v) is 4.85. The second-order valence-corrected chi connectivity index (χ2v) is 7.96. The summed E-state index contributed by atoms with van der Waals surface area (Å²) in [6, 6.07) is 8.37. The maximum atomic E-state index is 5.60. The number of rotatable bonds is 5. The van der Waals surface area contributed by atoms with Crippen molar-refractivity contribution in [2.75, 3.05) is 44.2 Å². The quantitative estimate of drug-likeness (QED) is 0.848. The molecule has 5 heteroatoms. The molecule has 2 heterocycles. The average Bonchev–Trinajstić information content (AvgIpc) is 2.61. The lowest BCUT2D eigenvalue weighted by Gasteiger charge is -2.36. The number of fused-ring (bicyclic) bond motifs is 1. The summed E-state index contributed by atoms with van der Waals surface area (Å²) in [6.45, 7) is 12.7. The fourth-order valence-electron chi connectivity index (χ4n) is 3.30. The Morgan fingerprint density at radius 2 is 1.72 bits per heavy atom. The molecule has 0 atom stereocenters. The normalized spacial score (nSPS) is 16.6. The standard InChI is InChI=1S/C20H31N5/c1-20(2,3)19-22-17-9-5-4-8-16(17)18(23-19)25-14-12-24(13-15-25)11-7-6-10-21/h4-5,8-9H,6-7,10-15,21H2,1-3H3. The average molecular weight is 342 g/mol. The summed E-state index contributed by atoms with van der Waals surface area (Å²) in [5.74, 6) is 2.02. The minimum absolute atomic E-state index is 0.0528. The lowest BCUT2D eigenvalue weighted by atomic mass is 9.95. The predicted octanol–water partition coefficient (Wildman–Crippen LogP) is 2.79. The Kier molecular flexibility index (Phi) is 5.54. The summed E-state index contributed by atoms with van der Waals surface area (Å²) >= 11 is 0. The SMILES string of the molecule is CC(C)(C)c1nc(N2CCN(CCCCN)CC2)c2ccccc2n1. The third-order valence-electron chi connectivity index (χ3n) is 4.85. The van der Waals surface area contributed by atoms with E-state index >= 15 is 0 Å². The van der Waals surface area contributed by atoms with Gasteiger partial charge in [-0.15, -0.1) is 0 Å². The van der Waals surface area contributed by atoms with Gasteiger partial charge in [-0.3, -0.25) is 4.90 Å². The first-order valence-corrected chi connectivity index (χ1v) is 9.43. The van der Waals surface area contributed by atoms with E-state index in [1.165, 1.54) is 6.42 Å². The van der Waals surface area contributed by atoms with Crippen molar-refractivity contribution in [2.45, 2.75) is 39.0 Å². The summed E-state index contributed by atoms with van der Waals surface area (Å²) in [6.07, 6.45) is 2.31. The summed E-state index contributed by atoms with van der Waals surface area (Å²) in [4.78, 5) is 14.8. The second-order valence-electron chi connectivity index (χ2n) is 7.96. The van der Waals surface area contributed by atoms with Crippen LogP contribution in [0, 0.1) is 0 Å². The molecule has 0 unspecified atom stereocenters. The topological polar surface area (TPSA) is 58.3 Å². The van der Waals surface area contributed by atoms with E-state index in [4.69, 9.17) is 15.7 Å². The van der Waals surface area contributed by atoms with Gasteiger partial charge in [0.25, 0.3) is 0 Å². The number of anilines is 1. The highest BCUT2D eigenvalue weighted by molar-refractivity contribution is 5.89. The van der Waals surface area contributed by atoms with Gasteiger partial charge in [-0.2, -0.15) is 0 Å². The fourth-order valence-corrected chi connectivity index (χ4v) is 3.30. The number of para-hydroxylation sites is 1. The van der Waals surface area contributed by atoms with Gasteiger partial charge in [-0.1, -0.05) is 32.9 Å². The Balaban J connectivity index is 1.81. The molecule has 1 aromatic heterocycles. The Bertz CT molecular complexity index is 699. The van der Waals surface area contributed by atoms with E-state index in [-0.39, 0.29) is 5.41 Å². The van der Waals surface area contributed by atoms with Gasteiger partial charge in [0.1, 0.15) is 11.6 Å². The molecule has 0 saturated carbocycles. The predicted molar refractivity (Wildman–Crippen MR) is 105 cm³/mol. The molecular formula is C20H31N5. The first kappa shape index (κ1) is 18.1. The van der Waals surface area contributed by atoms with Gasteiger partial charge in [0.2, 0.25) is 0 Å². The summed E-state index contributed by atoms with van der Waals surface area (Å²) in [5, 5.41) is 1.16. The van der Waals surface area contributed by atoms with E-state index < -0.39 is 0 Å². The van der Waals surface area contributed by atoms with E-state index in [1.54, 1.807) is 0 Å². The number of hydrogen-bond acceptors (Lipinski definition) is 5. The van der Waals surface area contributed by atoms with Crippen molar-refractivity contribution in [1.29, 1.82) is 0 Å². The zero-order chi connectivity index (χ0) is 17.9. The number of piperazine rings is 1. The Hall–Kier alpha value is -1.72. The van der Waals surface area contributed by atoms with Crippen LogP contribution in [0.25, 0.3) is 10.9 Å². The van der Waals surface area contributed by atoms with Crippen LogP contribution < -0.4 is 10.6 Å². The molecule has 2 aromatic rings. The van der Waals surface area contributed by atoms with Gasteiger partial charge in [0.15, 0.2) is 0 Å². The summed E-state index contributed by atoms with van der Waals surface area (Å²) in [5.41, 5.74) is 6.59. The molecule has 3 rings (SSSR count). The van der Waals surface area contributed by atoms with Crippen LogP contribution in [0.2, 0.25) is 0 Å². The molecule has 0 bridgehead atoms. The number of unbranched alkanes of at least 4 members (excludes halogenated alkanes) is 1. The minimum atomic E-state index is -0.0528. The van der Waals surface area contributed by atoms with Crippen molar-refractivity contribution >= 4 is 16.7 Å². The molecule has 0 radical (unpaired) electrons. The molecular weight excluding hydrogens is 310 g/mol. The highest BCUT2D eigenvalue weighted by Gasteiger charge is 2.24. The molecule has 2 N–H and O–H groups in total. The van der Waals surface area contributed by atoms with Gasteiger partial charge in [0, 0.05) is 37.0 Å². The van der Waals surface area contributed by atoms with Crippen LogP contribution in [0.4, 0.5) is 5.82 Å². The summed E-state index contributed by atoms with van der Waals surface area (Å²) < 4.78 is 0.